The minimum atomic E-state index is -1.98. The summed E-state index contributed by atoms with van der Waals surface area (Å²) < 4.78 is 35.1. The Kier molecular flexibility index (Phi) is 14.0. The van der Waals surface area contributed by atoms with E-state index >= 15 is 4.79 Å². The first kappa shape index (κ1) is 51.4. The predicted molar refractivity (Wildman–Crippen MR) is 231 cm³/mol. The second-order valence-electron chi connectivity index (χ2n) is 22.8. The third-order valence-electron chi connectivity index (χ3n) is 19.5. The first-order chi connectivity index (χ1) is 31.3. The molecule has 19 nitrogen and oxygen atoms in total. The van der Waals surface area contributed by atoms with E-state index < -0.39 is 151 Å². The standard InChI is InChI=1S/C48H76O19/c1-20(2)22-10-15-47(16-17-48(42(59)60)23(29(22)47)8-9-27-45(6)13-12-28(50)44(4,5)26(45)11-14-46(27,48)7)43(61)67-41-37(58)38(66-40-36(57)33(54)30(51)21(3)63-40)32(53)25(65-41)19-62-39-35(56)34(55)31(52)24(18-49)64-39/h21-41,49-58H,1,8-19H2,2-7H3,(H,59,60)/t21-,22-,23+,24+,25-,26+,27-,28-,29+,30-,31+,32+,33+,34-,35+,36+,37+,38-,39+,40-,41-,45-,46-,47+,48+/m0/s1. The number of fused-ring (bicyclic) bond motifs is 7. The van der Waals surface area contributed by atoms with E-state index in [2.05, 4.69) is 34.3 Å². The maximum atomic E-state index is 15.3. The fourth-order valence-corrected chi connectivity index (χ4v) is 15.8. The van der Waals surface area contributed by atoms with E-state index in [-0.39, 0.29) is 41.4 Å². The third kappa shape index (κ3) is 7.79. The lowest BCUT2D eigenvalue weighted by molar-refractivity contribution is -0.361. The number of aliphatic hydroxyl groups is 10. The van der Waals surface area contributed by atoms with Crippen molar-refractivity contribution in [2.24, 2.45) is 56.7 Å². The van der Waals surface area contributed by atoms with Gasteiger partial charge in [0.1, 0.15) is 67.1 Å². The Hall–Kier alpha value is -1.92. The topological polar surface area (TPSA) is 312 Å². The van der Waals surface area contributed by atoms with Crippen LogP contribution in [0.1, 0.15) is 106 Å². The lowest BCUT2D eigenvalue weighted by Gasteiger charge is -2.71. The molecule has 8 aliphatic rings. The lowest BCUT2D eigenvalue weighted by atomic mass is 9.32. The lowest BCUT2D eigenvalue weighted by Crippen LogP contribution is -2.70. The summed E-state index contributed by atoms with van der Waals surface area (Å²) in [7, 11) is 0. The van der Waals surface area contributed by atoms with Crippen molar-refractivity contribution >= 4 is 11.9 Å². The van der Waals surface area contributed by atoms with Crippen LogP contribution in [-0.4, -0.2) is 180 Å². The average molecular weight is 957 g/mol. The van der Waals surface area contributed by atoms with Crippen LogP contribution in [0.4, 0.5) is 0 Å². The minimum Gasteiger partial charge on any atom is -0.481 e. The van der Waals surface area contributed by atoms with Crippen LogP contribution in [0.15, 0.2) is 12.2 Å². The van der Waals surface area contributed by atoms with Crippen LogP contribution in [0.2, 0.25) is 0 Å². The van der Waals surface area contributed by atoms with Crippen molar-refractivity contribution in [3.05, 3.63) is 12.2 Å². The molecule has 0 aromatic heterocycles. The van der Waals surface area contributed by atoms with Crippen LogP contribution in [0, 0.1) is 56.7 Å². The molecule has 5 saturated carbocycles. The molecule has 0 spiro atoms. The van der Waals surface area contributed by atoms with Gasteiger partial charge in [-0.25, -0.2) is 0 Å². The average Bonchev–Trinajstić information content (AvgIpc) is 3.69. The van der Waals surface area contributed by atoms with Gasteiger partial charge in [0.25, 0.3) is 0 Å². The van der Waals surface area contributed by atoms with Crippen LogP contribution in [0.5, 0.6) is 0 Å². The maximum absolute atomic E-state index is 15.3. The molecule has 3 heterocycles. The van der Waals surface area contributed by atoms with Crippen molar-refractivity contribution in [1.82, 2.24) is 0 Å². The highest BCUT2D eigenvalue weighted by Crippen LogP contribution is 2.78. The first-order valence-corrected chi connectivity index (χ1v) is 24.4. The van der Waals surface area contributed by atoms with Crippen molar-refractivity contribution in [3.63, 3.8) is 0 Å². The van der Waals surface area contributed by atoms with E-state index in [9.17, 15) is 61.0 Å². The van der Waals surface area contributed by atoms with E-state index in [1.54, 1.807) is 0 Å². The van der Waals surface area contributed by atoms with Crippen molar-refractivity contribution in [3.8, 4) is 0 Å². The monoisotopic (exact) mass is 956 g/mol. The van der Waals surface area contributed by atoms with Gasteiger partial charge in [0.2, 0.25) is 6.29 Å². The zero-order valence-electron chi connectivity index (χ0n) is 39.5. The summed E-state index contributed by atoms with van der Waals surface area (Å²) in [6, 6.07) is 0. The molecule has 382 valence electrons. The van der Waals surface area contributed by atoms with Crippen LogP contribution in [0.25, 0.3) is 0 Å². The Morgan fingerprint density at radius 1 is 0.672 bits per heavy atom. The van der Waals surface area contributed by atoms with Gasteiger partial charge in [0, 0.05) is 0 Å². The zero-order chi connectivity index (χ0) is 49.1. The number of aliphatic hydroxyl groups excluding tert-OH is 10. The second kappa shape index (κ2) is 18.3. The summed E-state index contributed by atoms with van der Waals surface area (Å²) in [5, 5.41) is 119. The van der Waals surface area contributed by atoms with Gasteiger partial charge in [0.15, 0.2) is 12.6 Å². The number of carboxylic acid groups (broad SMARTS) is 1. The van der Waals surface area contributed by atoms with Gasteiger partial charge in [-0.05, 0) is 124 Å². The summed E-state index contributed by atoms with van der Waals surface area (Å²) in [6.07, 6.45) is -20.4. The summed E-state index contributed by atoms with van der Waals surface area (Å²) in [5.74, 6) is -2.59. The number of hydrogen-bond donors (Lipinski definition) is 11. The highest BCUT2D eigenvalue weighted by molar-refractivity contribution is 5.81. The Morgan fingerprint density at radius 2 is 1.33 bits per heavy atom. The molecule has 3 aliphatic heterocycles. The van der Waals surface area contributed by atoms with E-state index in [0.717, 1.165) is 24.8 Å². The second-order valence-corrected chi connectivity index (χ2v) is 22.8. The SMILES string of the molecule is C=C(C)[C@@H]1CC[C@@]2(C(=O)O[C@@H]3O[C@@H](CO[C@@H]4O[C@H](CO)[C@@H](O)[C@H](O)[C@H]4O)[C@@H](O)[C@H](O[C@@H]4O[C@@H](C)[C@H](O)[C@@H](O)[C@H]4O)[C@H]3O)CC[C@]3(C(=O)O)[C@H](CC[C@H]4[C@@]5(C)CC[C@H](O)C(C)(C)[C@H]5CC[C@@]43C)[C@@H]12. The summed E-state index contributed by atoms with van der Waals surface area (Å²) in [4.78, 5) is 29.6. The number of esters is 1. The number of carbonyl (C=O) groups excluding carboxylic acids is 1. The normalized spacial score (nSPS) is 53.9. The van der Waals surface area contributed by atoms with Crippen LogP contribution < -0.4 is 0 Å². The number of allylic oxidation sites excluding steroid dienone is 1. The maximum Gasteiger partial charge on any atom is 0.314 e. The molecular weight excluding hydrogens is 881 g/mol. The molecule has 19 heteroatoms. The highest BCUT2D eigenvalue weighted by atomic mass is 16.8. The van der Waals surface area contributed by atoms with Gasteiger partial charge in [-0.15, -0.1) is 0 Å². The number of rotatable bonds is 10. The van der Waals surface area contributed by atoms with E-state index in [1.165, 1.54) is 6.92 Å². The molecule has 8 rings (SSSR count). The first-order valence-electron chi connectivity index (χ1n) is 24.4. The minimum absolute atomic E-state index is 0.0531. The molecule has 0 amide bonds. The molecule has 67 heavy (non-hydrogen) atoms. The molecule has 25 atom stereocenters. The van der Waals surface area contributed by atoms with Crippen LogP contribution >= 0.6 is 0 Å². The third-order valence-corrected chi connectivity index (χ3v) is 19.5. The van der Waals surface area contributed by atoms with Gasteiger partial charge >= 0.3 is 11.9 Å². The molecular formula is C48H76O19. The number of aliphatic carboxylic acids is 1. The largest absolute Gasteiger partial charge is 0.481 e. The van der Waals surface area contributed by atoms with Gasteiger partial charge in [0.05, 0.1) is 36.3 Å². The molecule has 0 bridgehead atoms. The Morgan fingerprint density at radius 3 is 1.99 bits per heavy atom. The van der Waals surface area contributed by atoms with Gasteiger partial charge in [-0.1, -0.05) is 39.8 Å². The summed E-state index contributed by atoms with van der Waals surface area (Å²) >= 11 is 0. The van der Waals surface area contributed by atoms with Crippen LogP contribution in [-0.2, 0) is 38.0 Å². The Balaban J connectivity index is 1.10. The molecule has 0 radical (unpaired) electrons. The van der Waals surface area contributed by atoms with Crippen molar-refractivity contribution in [1.29, 1.82) is 0 Å². The molecule has 11 N–H and O–H groups in total. The molecule has 5 aliphatic carbocycles. The number of hydrogen-bond acceptors (Lipinski definition) is 18. The quantitative estimate of drug-likeness (QED) is 0.102. The number of ether oxygens (including phenoxy) is 6. The van der Waals surface area contributed by atoms with Crippen molar-refractivity contribution in [2.75, 3.05) is 13.2 Å². The van der Waals surface area contributed by atoms with E-state index in [0.29, 0.717) is 32.1 Å². The molecule has 3 saturated heterocycles. The highest BCUT2D eigenvalue weighted by Gasteiger charge is 2.76. The van der Waals surface area contributed by atoms with E-state index in [1.807, 2.05) is 6.92 Å². The molecule has 0 aromatic rings. The number of carbonyl (C=O) groups is 2. The van der Waals surface area contributed by atoms with Crippen molar-refractivity contribution in [2.45, 2.75) is 204 Å². The fraction of sp³-hybridized carbons (Fsp3) is 0.917. The van der Waals surface area contributed by atoms with Gasteiger partial charge in [-0.3, -0.25) is 9.59 Å². The Bertz CT molecular complexity index is 1850. The molecule has 8 fully saturated rings. The molecule has 0 aromatic carbocycles. The summed E-state index contributed by atoms with van der Waals surface area (Å²) in [5.41, 5.74) is -2.83. The summed E-state index contributed by atoms with van der Waals surface area (Å²) in [6.45, 7) is 15.0. The number of carboxylic acids is 1. The molecule has 0 unspecified atom stereocenters. The fourth-order valence-electron chi connectivity index (χ4n) is 15.8. The van der Waals surface area contributed by atoms with Gasteiger partial charge < -0.3 is 84.6 Å². The van der Waals surface area contributed by atoms with Gasteiger partial charge in [-0.2, -0.15) is 0 Å². The zero-order valence-corrected chi connectivity index (χ0v) is 39.5. The predicted octanol–water partition coefficient (Wildman–Crippen LogP) is 0.0887. The van der Waals surface area contributed by atoms with E-state index in [4.69, 9.17) is 28.4 Å². The van der Waals surface area contributed by atoms with Crippen molar-refractivity contribution < 1.29 is 94.2 Å². The smallest absolute Gasteiger partial charge is 0.314 e. The van der Waals surface area contributed by atoms with Crippen LogP contribution in [0.3, 0.4) is 0 Å². The Labute approximate surface area is 391 Å².